The number of thiazole rings is 1. The van der Waals surface area contributed by atoms with Crippen LogP contribution in [0.4, 0.5) is 5.69 Å². The smallest absolute Gasteiger partial charge is 0.306 e. The molecule has 0 aliphatic heterocycles. The van der Waals surface area contributed by atoms with Crippen molar-refractivity contribution in [2.75, 3.05) is 18.2 Å². The number of esters is 1. The van der Waals surface area contributed by atoms with Gasteiger partial charge in [0.1, 0.15) is 0 Å². The van der Waals surface area contributed by atoms with E-state index >= 15 is 0 Å². The second-order valence-corrected chi connectivity index (χ2v) is 8.22. The number of aromatic nitrogens is 1. The summed E-state index contributed by atoms with van der Waals surface area (Å²) in [7, 11) is 0. The van der Waals surface area contributed by atoms with Gasteiger partial charge in [-0.05, 0) is 30.5 Å². The molecule has 150 valence electrons. The number of fused-ring (bicyclic) bond motifs is 1. The van der Waals surface area contributed by atoms with E-state index in [2.05, 4.69) is 10.3 Å². The number of anilines is 1. The Balaban J connectivity index is 1.54. The van der Waals surface area contributed by atoms with Gasteiger partial charge in [0.15, 0.2) is 12.4 Å². The van der Waals surface area contributed by atoms with E-state index in [1.807, 2.05) is 30.5 Å². The lowest BCUT2D eigenvalue weighted by atomic mass is 10.1. The molecular formula is C21H20N2O4S2. The average molecular weight is 429 g/mol. The van der Waals surface area contributed by atoms with Crippen LogP contribution in [0, 0.1) is 0 Å². The maximum atomic E-state index is 12.4. The van der Waals surface area contributed by atoms with Crippen molar-refractivity contribution in [1.82, 2.24) is 4.98 Å². The summed E-state index contributed by atoms with van der Waals surface area (Å²) in [6.45, 7) is 1.07. The molecule has 0 radical (unpaired) electrons. The van der Waals surface area contributed by atoms with Crippen molar-refractivity contribution in [1.29, 1.82) is 0 Å². The molecule has 0 fully saturated rings. The van der Waals surface area contributed by atoms with Crippen LogP contribution in [0.1, 0.15) is 28.7 Å². The van der Waals surface area contributed by atoms with Crippen LogP contribution >= 0.6 is 23.1 Å². The van der Waals surface area contributed by atoms with E-state index in [0.29, 0.717) is 17.7 Å². The second kappa shape index (κ2) is 9.67. The van der Waals surface area contributed by atoms with Gasteiger partial charge in [-0.2, -0.15) is 0 Å². The van der Waals surface area contributed by atoms with Gasteiger partial charge in [0.2, 0.25) is 5.91 Å². The Morgan fingerprint density at radius 1 is 1.17 bits per heavy atom. The van der Waals surface area contributed by atoms with E-state index in [0.717, 1.165) is 20.1 Å². The van der Waals surface area contributed by atoms with Crippen molar-refractivity contribution in [3.63, 3.8) is 0 Å². The monoisotopic (exact) mass is 428 g/mol. The zero-order valence-electron chi connectivity index (χ0n) is 16.1. The fourth-order valence-electron chi connectivity index (χ4n) is 2.71. The minimum absolute atomic E-state index is 0.162. The molecule has 0 aliphatic rings. The maximum Gasteiger partial charge on any atom is 0.306 e. The number of hydrogen-bond donors (Lipinski definition) is 1. The number of Topliss-reactive ketones (excluding diaryl/α,β-unsaturated/α-hetero) is 1. The van der Waals surface area contributed by atoms with E-state index < -0.39 is 5.97 Å². The van der Waals surface area contributed by atoms with Crippen LogP contribution in [0.3, 0.4) is 0 Å². The van der Waals surface area contributed by atoms with E-state index in [9.17, 15) is 14.4 Å². The highest BCUT2D eigenvalue weighted by molar-refractivity contribution is 7.98. The minimum Gasteiger partial charge on any atom is -0.457 e. The summed E-state index contributed by atoms with van der Waals surface area (Å²) < 4.78 is 6.21. The number of thioether (sulfide) groups is 1. The van der Waals surface area contributed by atoms with Crippen molar-refractivity contribution >= 4 is 56.7 Å². The van der Waals surface area contributed by atoms with Crippen LogP contribution in [0.15, 0.2) is 47.4 Å². The Kier molecular flexibility index (Phi) is 7.00. The highest BCUT2D eigenvalue weighted by Gasteiger charge is 2.14. The first-order valence-electron chi connectivity index (χ1n) is 8.95. The highest BCUT2D eigenvalue weighted by Crippen LogP contribution is 2.27. The summed E-state index contributed by atoms with van der Waals surface area (Å²) in [6.07, 6.45) is 2.52. The zero-order valence-corrected chi connectivity index (χ0v) is 17.7. The van der Waals surface area contributed by atoms with Gasteiger partial charge in [0.25, 0.3) is 0 Å². The maximum absolute atomic E-state index is 12.4. The number of carbonyl (C=O) groups excluding carboxylic acids is 3. The highest BCUT2D eigenvalue weighted by atomic mass is 32.2. The first-order chi connectivity index (χ1) is 14.0. The Morgan fingerprint density at radius 3 is 2.69 bits per heavy atom. The van der Waals surface area contributed by atoms with Gasteiger partial charge >= 0.3 is 5.97 Å². The molecule has 0 unspecified atom stereocenters. The van der Waals surface area contributed by atoms with Crippen LogP contribution in [-0.4, -0.2) is 35.5 Å². The molecule has 1 amide bonds. The van der Waals surface area contributed by atoms with Crippen molar-refractivity contribution in [3.8, 4) is 0 Å². The Labute approximate surface area is 176 Å². The molecular weight excluding hydrogens is 408 g/mol. The van der Waals surface area contributed by atoms with E-state index in [1.165, 1.54) is 18.7 Å². The third-order valence-electron chi connectivity index (χ3n) is 4.08. The fraction of sp³-hybridized carbons (Fsp3) is 0.238. The van der Waals surface area contributed by atoms with Crippen molar-refractivity contribution in [2.45, 2.75) is 24.7 Å². The van der Waals surface area contributed by atoms with Gasteiger partial charge in [0, 0.05) is 23.8 Å². The number of rotatable bonds is 8. The Bertz CT molecular complexity index is 1030. The number of hydrogen-bond acceptors (Lipinski definition) is 7. The van der Waals surface area contributed by atoms with E-state index in [1.54, 1.807) is 29.5 Å². The quantitative estimate of drug-likeness (QED) is 0.326. The van der Waals surface area contributed by atoms with Crippen molar-refractivity contribution in [3.05, 3.63) is 53.0 Å². The van der Waals surface area contributed by atoms with Gasteiger partial charge < -0.3 is 10.1 Å². The third kappa shape index (κ3) is 5.65. The predicted molar refractivity (Wildman–Crippen MR) is 116 cm³/mol. The summed E-state index contributed by atoms with van der Waals surface area (Å²) in [5.41, 5.74) is 1.86. The van der Waals surface area contributed by atoms with Gasteiger partial charge in [-0.1, -0.05) is 18.2 Å². The zero-order chi connectivity index (χ0) is 20.8. The number of nitrogens with zero attached hydrogens (tertiary/aromatic N) is 1. The van der Waals surface area contributed by atoms with Gasteiger partial charge in [-0.15, -0.1) is 23.1 Å². The molecule has 3 aromatic rings. The van der Waals surface area contributed by atoms with Crippen LogP contribution < -0.4 is 5.32 Å². The molecule has 0 spiro atoms. The number of amides is 1. The van der Waals surface area contributed by atoms with Gasteiger partial charge in [0.05, 0.1) is 27.3 Å². The molecule has 0 saturated heterocycles. The number of carbonyl (C=O) groups is 3. The molecule has 1 N–H and O–H groups in total. The molecule has 3 rings (SSSR count). The summed E-state index contributed by atoms with van der Waals surface area (Å²) in [5.74, 6) is -0.982. The molecule has 1 heterocycles. The molecule has 2 aromatic carbocycles. The predicted octanol–water partition coefficient (Wildman–Crippen LogP) is 4.34. The van der Waals surface area contributed by atoms with Crippen molar-refractivity contribution < 1.29 is 19.1 Å². The third-order valence-corrected chi connectivity index (χ3v) is 5.97. The number of aryl methyl sites for hydroxylation is 1. The van der Waals surface area contributed by atoms with Crippen LogP contribution in [0.2, 0.25) is 0 Å². The summed E-state index contributed by atoms with van der Waals surface area (Å²) in [6, 6.07) is 12.8. The first kappa shape index (κ1) is 21.0. The normalized spacial score (nSPS) is 10.7. The van der Waals surface area contributed by atoms with Crippen LogP contribution in [0.25, 0.3) is 10.2 Å². The summed E-state index contributed by atoms with van der Waals surface area (Å²) in [4.78, 5) is 41.1. The first-order valence-corrected chi connectivity index (χ1v) is 11.0. The fourth-order valence-corrected chi connectivity index (χ4v) is 4.21. The standard InChI is InChI=1S/C21H20N2O4S2/c1-13(24)22-16-11-14(7-8-18(16)28-2)17(25)12-27-21(26)10-9-20-23-15-5-3-4-6-19(15)29-20/h3-8,11H,9-10,12H2,1-2H3,(H,22,24). The average Bonchev–Trinajstić information content (AvgIpc) is 3.13. The minimum atomic E-state index is -0.444. The molecule has 0 saturated carbocycles. The topological polar surface area (TPSA) is 85.4 Å². The lowest BCUT2D eigenvalue weighted by molar-refractivity contribution is -0.142. The Hall–Kier alpha value is -2.71. The Morgan fingerprint density at radius 2 is 1.97 bits per heavy atom. The molecule has 29 heavy (non-hydrogen) atoms. The van der Waals surface area contributed by atoms with Gasteiger partial charge in [-0.25, -0.2) is 4.98 Å². The van der Waals surface area contributed by atoms with E-state index in [-0.39, 0.29) is 24.7 Å². The molecule has 1 aromatic heterocycles. The summed E-state index contributed by atoms with van der Waals surface area (Å²) in [5, 5.41) is 3.57. The lowest BCUT2D eigenvalue weighted by Gasteiger charge is -2.10. The number of para-hydroxylation sites is 1. The number of benzene rings is 2. The molecule has 8 heteroatoms. The summed E-state index contributed by atoms with van der Waals surface area (Å²) >= 11 is 3.01. The van der Waals surface area contributed by atoms with Crippen LogP contribution in [0.5, 0.6) is 0 Å². The largest absolute Gasteiger partial charge is 0.457 e. The molecule has 0 atom stereocenters. The molecule has 0 aliphatic carbocycles. The lowest BCUT2D eigenvalue weighted by Crippen LogP contribution is -2.15. The second-order valence-electron chi connectivity index (χ2n) is 6.26. The number of nitrogens with one attached hydrogen (secondary N) is 1. The molecule has 0 bridgehead atoms. The SMILES string of the molecule is CSc1ccc(C(=O)COC(=O)CCc2nc3ccccc3s2)cc1NC(C)=O. The van der Waals surface area contributed by atoms with Crippen molar-refractivity contribution in [2.24, 2.45) is 0 Å². The van der Waals surface area contributed by atoms with Crippen LogP contribution in [-0.2, 0) is 20.7 Å². The number of ether oxygens (including phenoxy) is 1. The van der Waals surface area contributed by atoms with Gasteiger partial charge in [-0.3, -0.25) is 14.4 Å². The van der Waals surface area contributed by atoms with E-state index in [4.69, 9.17) is 4.74 Å². The number of ketones is 1. The molecule has 6 nitrogen and oxygen atoms in total.